The number of fused-ring (bicyclic) bond motifs is 1. The maximum Gasteiger partial charge on any atom is 0.264 e. The summed E-state index contributed by atoms with van der Waals surface area (Å²) in [7, 11) is 1.85. The van der Waals surface area contributed by atoms with Crippen LogP contribution < -0.4 is 4.90 Å². The highest BCUT2D eigenvalue weighted by molar-refractivity contribution is 7.20. The zero-order chi connectivity index (χ0) is 19.6. The van der Waals surface area contributed by atoms with Gasteiger partial charge in [0.2, 0.25) is 0 Å². The molecule has 0 aliphatic heterocycles. The van der Waals surface area contributed by atoms with Gasteiger partial charge in [-0.05, 0) is 38.8 Å². The van der Waals surface area contributed by atoms with Gasteiger partial charge in [-0.2, -0.15) is 0 Å². The lowest BCUT2D eigenvalue weighted by molar-refractivity contribution is 0.0789. The van der Waals surface area contributed by atoms with Gasteiger partial charge < -0.3 is 9.80 Å². The van der Waals surface area contributed by atoms with Crippen molar-refractivity contribution in [3.8, 4) is 0 Å². The van der Waals surface area contributed by atoms with Crippen molar-refractivity contribution in [2.75, 3.05) is 25.0 Å². The van der Waals surface area contributed by atoms with Gasteiger partial charge in [0.1, 0.15) is 16.5 Å². The summed E-state index contributed by atoms with van der Waals surface area (Å²) in [6.45, 7) is 10.5. The summed E-state index contributed by atoms with van der Waals surface area (Å²) in [5, 5.41) is 1.01. The molecule has 3 rings (SSSR count). The minimum Gasteiger partial charge on any atom is -0.357 e. The van der Waals surface area contributed by atoms with Crippen molar-refractivity contribution in [1.82, 2.24) is 14.9 Å². The second kappa shape index (κ2) is 8.05. The number of amides is 1. The summed E-state index contributed by atoms with van der Waals surface area (Å²) in [6.07, 6.45) is 0. The predicted octanol–water partition coefficient (Wildman–Crippen LogP) is 4.43. The van der Waals surface area contributed by atoms with E-state index in [0.29, 0.717) is 6.54 Å². The number of benzene rings is 1. The highest BCUT2D eigenvalue weighted by Gasteiger charge is 2.23. The smallest absolute Gasteiger partial charge is 0.264 e. The highest BCUT2D eigenvalue weighted by Crippen LogP contribution is 2.36. The van der Waals surface area contributed by atoms with Crippen molar-refractivity contribution in [3.63, 3.8) is 0 Å². The van der Waals surface area contributed by atoms with Gasteiger partial charge >= 0.3 is 0 Å². The molecule has 0 saturated carbocycles. The van der Waals surface area contributed by atoms with E-state index in [1.807, 2.05) is 51.2 Å². The molecule has 2 heterocycles. The van der Waals surface area contributed by atoms with Crippen molar-refractivity contribution >= 4 is 33.3 Å². The van der Waals surface area contributed by atoms with E-state index >= 15 is 0 Å². The highest BCUT2D eigenvalue weighted by atomic mass is 32.1. The van der Waals surface area contributed by atoms with Crippen LogP contribution in [0.5, 0.6) is 0 Å². The van der Waals surface area contributed by atoms with Crippen LogP contribution in [0.3, 0.4) is 0 Å². The SMILES string of the molecule is CCN(CC)c1nc(C)nc2sc(C(=O)N(C)Cc3ccccc3)c(C)c12. The largest absolute Gasteiger partial charge is 0.357 e. The minimum absolute atomic E-state index is 0.0301. The summed E-state index contributed by atoms with van der Waals surface area (Å²) < 4.78 is 0. The topological polar surface area (TPSA) is 49.3 Å². The molecule has 0 fully saturated rings. The van der Waals surface area contributed by atoms with Crippen LogP contribution in [0.1, 0.15) is 40.5 Å². The maximum absolute atomic E-state index is 13.1. The average Bonchev–Trinajstić information content (AvgIpc) is 2.99. The van der Waals surface area contributed by atoms with E-state index < -0.39 is 0 Å². The quantitative estimate of drug-likeness (QED) is 0.633. The molecule has 0 aliphatic carbocycles. The molecular weight excluding hydrogens is 356 g/mol. The molecule has 0 aliphatic rings. The van der Waals surface area contributed by atoms with E-state index in [1.54, 1.807) is 4.90 Å². The fourth-order valence-electron chi connectivity index (χ4n) is 3.28. The number of hydrogen-bond acceptors (Lipinski definition) is 5. The second-order valence-electron chi connectivity index (χ2n) is 6.65. The number of rotatable bonds is 6. The summed E-state index contributed by atoms with van der Waals surface area (Å²) >= 11 is 1.47. The number of aryl methyl sites for hydroxylation is 2. The zero-order valence-corrected chi connectivity index (χ0v) is 17.4. The lowest BCUT2D eigenvalue weighted by Gasteiger charge is -2.21. The average molecular weight is 383 g/mol. The van der Waals surface area contributed by atoms with Crippen LogP contribution in [0.4, 0.5) is 5.82 Å². The Morgan fingerprint density at radius 3 is 2.37 bits per heavy atom. The monoisotopic (exact) mass is 382 g/mol. The molecule has 3 aromatic rings. The van der Waals surface area contributed by atoms with E-state index in [-0.39, 0.29) is 5.91 Å². The van der Waals surface area contributed by atoms with Crippen LogP contribution in [-0.2, 0) is 6.54 Å². The molecule has 6 heteroatoms. The summed E-state index contributed by atoms with van der Waals surface area (Å²) in [5.74, 6) is 1.70. The molecule has 0 radical (unpaired) electrons. The standard InChI is InChI=1S/C21H26N4OS/c1-6-25(7-2)19-17-14(3)18(27-20(17)23-15(4)22-19)21(26)24(5)13-16-11-9-8-10-12-16/h8-12H,6-7,13H2,1-5H3. The molecule has 5 nitrogen and oxygen atoms in total. The third kappa shape index (κ3) is 3.81. The van der Waals surface area contributed by atoms with Crippen molar-refractivity contribution < 1.29 is 4.79 Å². The van der Waals surface area contributed by atoms with E-state index in [0.717, 1.165) is 51.0 Å². The first kappa shape index (κ1) is 19.3. The summed E-state index contributed by atoms with van der Waals surface area (Å²) in [6, 6.07) is 10.0. The van der Waals surface area contributed by atoms with Crippen LogP contribution in [0.15, 0.2) is 30.3 Å². The third-order valence-electron chi connectivity index (χ3n) is 4.75. The van der Waals surface area contributed by atoms with Gasteiger partial charge in [-0.1, -0.05) is 30.3 Å². The normalized spacial score (nSPS) is 11.0. The Balaban J connectivity index is 2.01. The molecule has 1 amide bonds. The van der Waals surface area contributed by atoms with E-state index in [9.17, 15) is 4.79 Å². The van der Waals surface area contributed by atoms with Crippen LogP contribution in [-0.4, -0.2) is 40.9 Å². The number of anilines is 1. The fraction of sp³-hybridized carbons (Fsp3) is 0.381. The van der Waals surface area contributed by atoms with Crippen molar-refractivity contribution in [2.45, 2.75) is 34.2 Å². The van der Waals surface area contributed by atoms with Gasteiger partial charge in [0.15, 0.2) is 0 Å². The fourth-order valence-corrected chi connectivity index (χ4v) is 4.50. The van der Waals surface area contributed by atoms with E-state index in [2.05, 4.69) is 28.7 Å². The number of carbonyl (C=O) groups is 1. The molecule has 0 bridgehead atoms. The molecule has 142 valence electrons. The van der Waals surface area contributed by atoms with Crippen LogP contribution in [0, 0.1) is 13.8 Å². The van der Waals surface area contributed by atoms with Crippen LogP contribution in [0.2, 0.25) is 0 Å². The Labute approximate surface area is 164 Å². The Hall–Kier alpha value is -2.47. The van der Waals surface area contributed by atoms with E-state index in [1.165, 1.54) is 11.3 Å². The molecular formula is C21H26N4OS. The number of aromatic nitrogens is 2. The number of thiophene rings is 1. The first-order valence-corrected chi connectivity index (χ1v) is 10.1. The molecule has 1 aromatic carbocycles. The number of nitrogens with zero attached hydrogens (tertiary/aromatic N) is 4. The summed E-state index contributed by atoms with van der Waals surface area (Å²) in [5.41, 5.74) is 2.09. The van der Waals surface area contributed by atoms with Gasteiger partial charge in [0.05, 0.1) is 10.3 Å². The maximum atomic E-state index is 13.1. The molecule has 0 N–H and O–H groups in total. The molecule has 0 unspecified atom stereocenters. The van der Waals surface area contributed by atoms with Gasteiger partial charge in [0, 0.05) is 26.7 Å². The molecule has 0 spiro atoms. The number of carbonyl (C=O) groups excluding carboxylic acids is 1. The predicted molar refractivity (Wildman–Crippen MR) is 113 cm³/mol. The molecule has 27 heavy (non-hydrogen) atoms. The van der Waals surface area contributed by atoms with Gasteiger partial charge in [-0.25, -0.2) is 9.97 Å². The van der Waals surface area contributed by atoms with Gasteiger partial charge in [-0.3, -0.25) is 4.79 Å². The first-order valence-electron chi connectivity index (χ1n) is 9.28. The molecule has 0 atom stereocenters. The Morgan fingerprint density at radius 1 is 1.07 bits per heavy atom. The Morgan fingerprint density at radius 2 is 1.74 bits per heavy atom. The van der Waals surface area contributed by atoms with Crippen molar-refractivity contribution in [2.24, 2.45) is 0 Å². The van der Waals surface area contributed by atoms with Crippen molar-refractivity contribution in [3.05, 3.63) is 52.2 Å². The lowest BCUT2D eigenvalue weighted by Crippen LogP contribution is -2.26. The zero-order valence-electron chi connectivity index (χ0n) is 16.6. The second-order valence-corrected chi connectivity index (χ2v) is 7.65. The third-order valence-corrected chi connectivity index (χ3v) is 5.92. The molecule has 2 aromatic heterocycles. The Kier molecular flexibility index (Phi) is 5.75. The van der Waals surface area contributed by atoms with Gasteiger partial charge in [-0.15, -0.1) is 11.3 Å². The number of hydrogen-bond donors (Lipinski definition) is 0. The van der Waals surface area contributed by atoms with Crippen LogP contribution in [0.25, 0.3) is 10.2 Å². The molecule has 0 saturated heterocycles. The summed E-state index contributed by atoms with van der Waals surface area (Å²) in [4.78, 5) is 28.0. The van der Waals surface area contributed by atoms with Crippen molar-refractivity contribution in [1.29, 1.82) is 0 Å². The lowest BCUT2D eigenvalue weighted by atomic mass is 10.1. The Bertz CT molecular complexity index is 948. The van der Waals surface area contributed by atoms with E-state index in [4.69, 9.17) is 0 Å². The minimum atomic E-state index is 0.0301. The van der Waals surface area contributed by atoms with Crippen LogP contribution >= 0.6 is 11.3 Å². The van der Waals surface area contributed by atoms with Gasteiger partial charge in [0.25, 0.3) is 5.91 Å². The first-order chi connectivity index (χ1) is 13.0.